The van der Waals surface area contributed by atoms with Gasteiger partial charge in [0.15, 0.2) is 0 Å². The number of likely N-dealkylation sites (tertiary alicyclic amines) is 1. The molecule has 2 N–H and O–H groups in total. The number of halogens is 2. The SMILES string of the molecule is O=C(N[C@H](CN1CC[C@H](O)C1)c1ccccc1)c1cnn2ccc(N3CCC[C@@H]3c3cc(F)ccc3F)cc12. The van der Waals surface area contributed by atoms with Gasteiger partial charge in [0.1, 0.15) is 11.6 Å². The molecule has 0 bridgehead atoms. The van der Waals surface area contributed by atoms with Gasteiger partial charge in [0.2, 0.25) is 0 Å². The molecule has 202 valence electrons. The summed E-state index contributed by atoms with van der Waals surface area (Å²) in [6, 6.07) is 16.6. The fourth-order valence-corrected chi connectivity index (χ4v) is 5.88. The standard InChI is InChI=1S/C30H31F2N5O2/c31-21-8-9-26(32)24(15-21)28-7-4-12-36(28)22-10-14-37-29(16-22)25(17-33-37)30(39)34-27(20-5-2-1-3-6-20)19-35-13-11-23(38)18-35/h1-3,5-6,8-10,14-17,23,27-28,38H,4,7,11-13,18-19H2,(H,34,39)/t23-,27+,28+/m0/s1. The van der Waals surface area contributed by atoms with Crippen molar-refractivity contribution >= 4 is 17.1 Å². The number of amides is 1. The molecule has 3 atom stereocenters. The van der Waals surface area contributed by atoms with Gasteiger partial charge in [-0.3, -0.25) is 9.69 Å². The topological polar surface area (TPSA) is 73.1 Å². The number of carbonyl (C=O) groups is 1. The molecule has 0 spiro atoms. The number of anilines is 1. The lowest BCUT2D eigenvalue weighted by Crippen LogP contribution is -2.37. The van der Waals surface area contributed by atoms with E-state index in [-0.39, 0.29) is 24.1 Å². The molecule has 0 unspecified atom stereocenters. The Balaban J connectivity index is 1.27. The largest absolute Gasteiger partial charge is 0.392 e. The number of rotatable bonds is 7. The zero-order chi connectivity index (χ0) is 26.9. The van der Waals surface area contributed by atoms with Crippen molar-refractivity contribution < 1.29 is 18.7 Å². The van der Waals surface area contributed by atoms with E-state index in [2.05, 4.69) is 20.2 Å². The van der Waals surface area contributed by atoms with Crippen molar-refractivity contribution in [3.63, 3.8) is 0 Å². The molecule has 2 aliphatic heterocycles. The first-order chi connectivity index (χ1) is 19.0. The Morgan fingerprint density at radius 1 is 1.08 bits per heavy atom. The van der Waals surface area contributed by atoms with Crippen molar-refractivity contribution in [2.45, 2.75) is 37.5 Å². The molecule has 4 aromatic rings. The molecular formula is C30H31F2N5O2. The van der Waals surface area contributed by atoms with Gasteiger partial charge in [0.25, 0.3) is 5.91 Å². The van der Waals surface area contributed by atoms with Crippen LogP contribution in [-0.4, -0.2) is 57.8 Å². The van der Waals surface area contributed by atoms with Gasteiger partial charge < -0.3 is 15.3 Å². The lowest BCUT2D eigenvalue weighted by molar-refractivity contribution is 0.0926. The number of nitrogens with zero attached hydrogens (tertiary/aromatic N) is 4. The molecular weight excluding hydrogens is 500 g/mol. The number of benzene rings is 2. The van der Waals surface area contributed by atoms with E-state index in [1.165, 1.54) is 12.1 Å². The summed E-state index contributed by atoms with van der Waals surface area (Å²) < 4.78 is 30.2. The maximum Gasteiger partial charge on any atom is 0.255 e. The van der Waals surface area contributed by atoms with E-state index in [4.69, 9.17) is 0 Å². The summed E-state index contributed by atoms with van der Waals surface area (Å²) in [7, 11) is 0. The van der Waals surface area contributed by atoms with E-state index in [1.54, 1.807) is 16.9 Å². The Morgan fingerprint density at radius 3 is 2.72 bits per heavy atom. The molecule has 1 amide bonds. The van der Waals surface area contributed by atoms with Crippen LogP contribution in [0.1, 0.15) is 52.8 Å². The third kappa shape index (κ3) is 5.24. The van der Waals surface area contributed by atoms with Crippen LogP contribution in [0.2, 0.25) is 0 Å². The Labute approximate surface area is 225 Å². The fourth-order valence-electron chi connectivity index (χ4n) is 5.88. The summed E-state index contributed by atoms with van der Waals surface area (Å²) in [5.74, 6) is -1.12. The van der Waals surface area contributed by atoms with Crippen molar-refractivity contribution in [2.75, 3.05) is 31.1 Å². The Bertz CT molecular complexity index is 1480. The second-order valence-electron chi connectivity index (χ2n) is 10.4. The second-order valence-corrected chi connectivity index (χ2v) is 10.4. The number of carbonyl (C=O) groups excluding carboxylic acids is 1. The molecule has 4 heterocycles. The van der Waals surface area contributed by atoms with E-state index < -0.39 is 11.6 Å². The zero-order valence-electron chi connectivity index (χ0n) is 21.5. The average molecular weight is 532 g/mol. The zero-order valence-corrected chi connectivity index (χ0v) is 21.5. The maximum absolute atomic E-state index is 14.6. The van der Waals surface area contributed by atoms with Crippen LogP contribution >= 0.6 is 0 Å². The Morgan fingerprint density at radius 2 is 1.92 bits per heavy atom. The minimum Gasteiger partial charge on any atom is -0.392 e. The van der Waals surface area contributed by atoms with E-state index in [0.29, 0.717) is 42.7 Å². The molecule has 2 aromatic carbocycles. The summed E-state index contributed by atoms with van der Waals surface area (Å²) in [5, 5.41) is 17.6. The predicted molar refractivity (Wildman–Crippen MR) is 145 cm³/mol. The molecule has 9 heteroatoms. The monoisotopic (exact) mass is 531 g/mol. The van der Waals surface area contributed by atoms with E-state index in [1.807, 2.05) is 42.5 Å². The summed E-state index contributed by atoms with van der Waals surface area (Å²) in [6.07, 6.45) is 5.29. The van der Waals surface area contributed by atoms with Crippen molar-refractivity contribution in [2.24, 2.45) is 0 Å². The number of aliphatic hydroxyl groups is 1. The minimum absolute atomic E-state index is 0.245. The van der Waals surface area contributed by atoms with Crippen LogP contribution < -0.4 is 10.2 Å². The van der Waals surface area contributed by atoms with Crippen LogP contribution in [0.25, 0.3) is 5.52 Å². The van der Waals surface area contributed by atoms with Crippen molar-refractivity contribution in [1.29, 1.82) is 0 Å². The van der Waals surface area contributed by atoms with Crippen molar-refractivity contribution in [1.82, 2.24) is 19.8 Å². The van der Waals surface area contributed by atoms with Gasteiger partial charge in [-0.1, -0.05) is 30.3 Å². The van der Waals surface area contributed by atoms with Gasteiger partial charge in [0, 0.05) is 43.6 Å². The van der Waals surface area contributed by atoms with Crippen LogP contribution in [-0.2, 0) is 0 Å². The Hall–Kier alpha value is -3.82. The van der Waals surface area contributed by atoms with Gasteiger partial charge in [-0.15, -0.1) is 0 Å². The average Bonchev–Trinajstić information content (AvgIpc) is 3.69. The van der Waals surface area contributed by atoms with Crippen LogP contribution in [0.15, 0.2) is 73.1 Å². The summed E-state index contributed by atoms with van der Waals surface area (Å²) >= 11 is 0. The number of pyridine rings is 1. The highest BCUT2D eigenvalue weighted by atomic mass is 19.1. The first-order valence-corrected chi connectivity index (χ1v) is 13.4. The van der Waals surface area contributed by atoms with Gasteiger partial charge in [0.05, 0.1) is 35.5 Å². The third-order valence-electron chi connectivity index (χ3n) is 7.85. The number of nitrogens with one attached hydrogen (secondary N) is 1. The summed E-state index contributed by atoms with van der Waals surface area (Å²) in [4.78, 5) is 17.8. The first-order valence-electron chi connectivity index (χ1n) is 13.4. The smallest absolute Gasteiger partial charge is 0.255 e. The van der Waals surface area contributed by atoms with Crippen LogP contribution in [0.3, 0.4) is 0 Å². The van der Waals surface area contributed by atoms with Crippen LogP contribution in [0, 0.1) is 11.6 Å². The van der Waals surface area contributed by atoms with E-state index in [9.17, 15) is 18.7 Å². The lowest BCUT2D eigenvalue weighted by atomic mass is 10.0. The molecule has 2 fully saturated rings. The number of fused-ring (bicyclic) bond motifs is 1. The molecule has 6 rings (SSSR count). The van der Waals surface area contributed by atoms with Gasteiger partial charge in [-0.25, -0.2) is 13.3 Å². The highest BCUT2D eigenvalue weighted by Crippen LogP contribution is 2.38. The lowest BCUT2D eigenvalue weighted by Gasteiger charge is -2.27. The molecule has 2 aromatic heterocycles. The maximum atomic E-state index is 14.6. The highest BCUT2D eigenvalue weighted by molar-refractivity contribution is 6.01. The van der Waals surface area contributed by atoms with Crippen molar-refractivity contribution in [3.05, 3.63) is 101 Å². The molecule has 0 saturated carbocycles. The Kier molecular flexibility index (Phi) is 7.01. The van der Waals surface area contributed by atoms with Gasteiger partial charge in [-0.2, -0.15) is 5.10 Å². The highest BCUT2D eigenvalue weighted by Gasteiger charge is 2.30. The number of aromatic nitrogens is 2. The second kappa shape index (κ2) is 10.7. The number of hydrogen-bond donors (Lipinski definition) is 2. The van der Waals surface area contributed by atoms with E-state index >= 15 is 0 Å². The van der Waals surface area contributed by atoms with Gasteiger partial charge >= 0.3 is 0 Å². The fraction of sp³-hybridized carbons (Fsp3) is 0.333. The summed E-state index contributed by atoms with van der Waals surface area (Å²) in [6.45, 7) is 2.65. The number of β-amino-alcohol motifs (C(OH)–C–C–N with tert-alkyl or cyclic N) is 1. The van der Waals surface area contributed by atoms with Crippen LogP contribution in [0.4, 0.5) is 14.5 Å². The quantitative estimate of drug-likeness (QED) is 0.368. The number of aliphatic hydroxyl groups excluding tert-OH is 1. The third-order valence-corrected chi connectivity index (χ3v) is 7.85. The molecule has 2 saturated heterocycles. The summed E-state index contributed by atoms with van der Waals surface area (Å²) in [5.41, 5.74) is 3.23. The molecule has 0 radical (unpaired) electrons. The van der Waals surface area contributed by atoms with Crippen LogP contribution in [0.5, 0.6) is 0 Å². The van der Waals surface area contributed by atoms with Gasteiger partial charge in [-0.05, 0) is 55.2 Å². The predicted octanol–water partition coefficient (Wildman–Crippen LogP) is 4.49. The normalized spacial score (nSPS) is 20.5. The molecule has 7 nitrogen and oxygen atoms in total. The van der Waals surface area contributed by atoms with Crippen molar-refractivity contribution in [3.8, 4) is 0 Å². The van der Waals surface area contributed by atoms with E-state index in [0.717, 1.165) is 36.7 Å². The molecule has 0 aliphatic carbocycles. The molecule has 39 heavy (non-hydrogen) atoms. The first kappa shape index (κ1) is 25.5. The number of hydrogen-bond acceptors (Lipinski definition) is 5. The minimum atomic E-state index is -0.458. The molecule has 2 aliphatic rings.